The maximum absolute atomic E-state index is 11.3. The van der Waals surface area contributed by atoms with Gasteiger partial charge in [0.1, 0.15) is 5.78 Å². The highest BCUT2D eigenvalue weighted by Crippen LogP contribution is 1.99. The fourth-order valence-electron chi connectivity index (χ4n) is 1.14. The van der Waals surface area contributed by atoms with Crippen LogP contribution in [0, 0.1) is 5.41 Å². The van der Waals surface area contributed by atoms with E-state index >= 15 is 0 Å². The summed E-state index contributed by atoms with van der Waals surface area (Å²) in [6.07, 6.45) is 2.81. The minimum absolute atomic E-state index is 0.0431. The summed E-state index contributed by atoms with van der Waals surface area (Å²) in [5.41, 5.74) is 10.7. The molecule has 0 rings (SSSR count). The third-order valence-electron chi connectivity index (χ3n) is 1.92. The molecule has 0 radical (unpaired) electrons. The van der Waals surface area contributed by atoms with Gasteiger partial charge in [-0.1, -0.05) is 6.92 Å². The fraction of sp³-hybridized carbons (Fsp3) is 0.778. The molecule has 0 unspecified atom stereocenters. The van der Waals surface area contributed by atoms with Crippen molar-refractivity contribution in [2.75, 3.05) is 6.54 Å². The van der Waals surface area contributed by atoms with Gasteiger partial charge in [0.05, 0.1) is 6.04 Å². The largest absolute Gasteiger partial charge is 0.370 e. The van der Waals surface area contributed by atoms with Crippen molar-refractivity contribution in [2.24, 2.45) is 11.5 Å². The van der Waals surface area contributed by atoms with Gasteiger partial charge in [-0.25, -0.2) is 0 Å². The molecule has 0 saturated heterocycles. The number of carbonyl (C=O) groups is 1. The molecule has 0 amide bonds. The molecular formula is C9H20N4O. The molecule has 5 heteroatoms. The van der Waals surface area contributed by atoms with Crippen molar-refractivity contribution in [3.05, 3.63) is 0 Å². The molecule has 0 aliphatic carbocycles. The van der Waals surface area contributed by atoms with Crippen molar-refractivity contribution in [3.63, 3.8) is 0 Å². The van der Waals surface area contributed by atoms with Gasteiger partial charge in [-0.05, 0) is 19.3 Å². The van der Waals surface area contributed by atoms with Crippen LogP contribution in [0.5, 0.6) is 0 Å². The zero-order valence-corrected chi connectivity index (χ0v) is 8.68. The molecule has 0 aliphatic rings. The quantitative estimate of drug-likeness (QED) is 0.262. The number of nitrogens with two attached hydrogens (primary N) is 2. The SMILES string of the molecule is CCCC(=O)[C@@H](N)CCCNC(=N)N. The van der Waals surface area contributed by atoms with E-state index in [1.807, 2.05) is 6.92 Å². The van der Waals surface area contributed by atoms with Gasteiger partial charge >= 0.3 is 0 Å². The van der Waals surface area contributed by atoms with E-state index in [0.29, 0.717) is 19.4 Å². The van der Waals surface area contributed by atoms with Crippen molar-refractivity contribution >= 4 is 11.7 Å². The van der Waals surface area contributed by atoms with E-state index in [4.69, 9.17) is 16.9 Å². The number of hydrogen-bond acceptors (Lipinski definition) is 3. The summed E-state index contributed by atoms with van der Waals surface area (Å²) in [6.45, 7) is 2.56. The van der Waals surface area contributed by atoms with Crippen LogP contribution < -0.4 is 16.8 Å². The molecule has 0 aromatic heterocycles. The highest BCUT2D eigenvalue weighted by atomic mass is 16.1. The van der Waals surface area contributed by atoms with Crippen LogP contribution in [0.1, 0.15) is 32.6 Å². The van der Waals surface area contributed by atoms with Gasteiger partial charge in [-0.15, -0.1) is 0 Å². The number of hydrogen-bond donors (Lipinski definition) is 4. The van der Waals surface area contributed by atoms with Gasteiger partial charge in [0.25, 0.3) is 0 Å². The molecule has 0 spiro atoms. The molecule has 0 aliphatic heterocycles. The summed E-state index contributed by atoms with van der Waals surface area (Å²) < 4.78 is 0. The van der Waals surface area contributed by atoms with Crippen LogP contribution in [0.15, 0.2) is 0 Å². The second-order valence-corrected chi connectivity index (χ2v) is 3.31. The lowest BCUT2D eigenvalue weighted by molar-refractivity contribution is -0.120. The normalized spacial score (nSPS) is 12.1. The van der Waals surface area contributed by atoms with Crippen molar-refractivity contribution in [1.82, 2.24) is 5.32 Å². The van der Waals surface area contributed by atoms with Gasteiger partial charge in [0.15, 0.2) is 5.96 Å². The molecule has 1 atom stereocenters. The molecule has 82 valence electrons. The van der Waals surface area contributed by atoms with Crippen LogP contribution in [0.2, 0.25) is 0 Å². The van der Waals surface area contributed by atoms with E-state index in [1.165, 1.54) is 0 Å². The number of nitrogens with one attached hydrogen (secondary N) is 2. The summed E-state index contributed by atoms with van der Waals surface area (Å²) in [5.74, 6) is 0.0776. The van der Waals surface area contributed by atoms with Crippen LogP contribution in [0.4, 0.5) is 0 Å². The van der Waals surface area contributed by atoms with E-state index in [0.717, 1.165) is 12.8 Å². The van der Waals surface area contributed by atoms with Crippen LogP contribution in [-0.4, -0.2) is 24.3 Å². The van der Waals surface area contributed by atoms with Crippen LogP contribution in [-0.2, 0) is 4.79 Å². The molecule has 0 bridgehead atoms. The lowest BCUT2D eigenvalue weighted by Crippen LogP contribution is -2.34. The number of rotatable bonds is 7. The smallest absolute Gasteiger partial charge is 0.185 e. The topological polar surface area (TPSA) is 105 Å². The summed E-state index contributed by atoms with van der Waals surface area (Å²) in [6, 6.07) is -0.358. The Morgan fingerprint density at radius 2 is 2.21 bits per heavy atom. The Bertz CT molecular complexity index is 193. The second kappa shape index (κ2) is 7.32. The first-order valence-electron chi connectivity index (χ1n) is 4.94. The van der Waals surface area contributed by atoms with Gasteiger partial charge in [-0.2, -0.15) is 0 Å². The summed E-state index contributed by atoms with van der Waals surface area (Å²) >= 11 is 0. The van der Waals surface area contributed by atoms with E-state index in [9.17, 15) is 4.79 Å². The Labute approximate surface area is 84.7 Å². The lowest BCUT2D eigenvalue weighted by Gasteiger charge is -2.09. The lowest BCUT2D eigenvalue weighted by atomic mass is 10.0. The number of Topliss-reactive ketones (excluding diaryl/α,β-unsaturated/α-hetero) is 1. The maximum atomic E-state index is 11.3. The number of ketones is 1. The van der Waals surface area contributed by atoms with Gasteiger partial charge in [0.2, 0.25) is 0 Å². The average Bonchev–Trinajstić information content (AvgIpc) is 2.12. The Balaban J connectivity index is 3.48. The molecular weight excluding hydrogens is 180 g/mol. The zero-order valence-electron chi connectivity index (χ0n) is 8.68. The Kier molecular flexibility index (Phi) is 6.74. The average molecular weight is 200 g/mol. The first-order chi connectivity index (χ1) is 6.57. The summed E-state index contributed by atoms with van der Waals surface area (Å²) in [7, 11) is 0. The zero-order chi connectivity index (χ0) is 11.0. The predicted molar refractivity (Wildman–Crippen MR) is 57.0 cm³/mol. The third kappa shape index (κ3) is 6.42. The monoisotopic (exact) mass is 200 g/mol. The number of guanidine groups is 1. The molecule has 0 heterocycles. The standard InChI is InChI=1S/C9H20N4O/c1-2-4-8(14)7(10)5-3-6-13-9(11)12/h7H,2-6,10H2,1H3,(H4,11,12,13)/t7-/m0/s1. The molecule has 0 saturated carbocycles. The van der Waals surface area contributed by atoms with Crippen LogP contribution >= 0.6 is 0 Å². The fourth-order valence-corrected chi connectivity index (χ4v) is 1.14. The first kappa shape index (κ1) is 12.9. The highest BCUT2D eigenvalue weighted by Gasteiger charge is 2.11. The number of carbonyl (C=O) groups excluding carboxylic acids is 1. The second-order valence-electron chi connectivity index (χ2n) is 3.31. The van der Waals surface area contributed by atoms with E-state index in [-0.39, 0.29) is 17.8 Å². The molecule has 6 N–H and O–H groups in total. The van der Waals surface area contributed by atoms with E-state index in [1.54, 1.807) is 0 Å². The van der Waals surface area contributed by atoms with Crippen molar-refractivity contribution < 1.29 is 4.79 Å². The van der Waals surface area contributed by atoms with Crippen molar-refractivity contribution in [2.45, 2.75) is 38.6 Å². The Hall–Kier alpha value is -1.10. The molecule has 14 heavy (non-hydrogen) atoms. The third-order valence-corrected chi connectivity index (χ3v) is 1.92. The first-order valence-corrected chi connectivity index (χ1v) is 4.94. The van der Waals surface area contributed by atoms with Gasteiger partial charge < -0.3 is 16.8 Å². The Morgan fingerprint density at radius 1 is 1.57 bits per heavy atom. The molecule has 0 fully saturated rings. The van der Waals surface area contributed by atoms with E-state index < -0.39 is 0 Å². The highest BCUT2D eigenvalue weighted by molar-refractivity contribution is 5.83. The van der Waals surface area contributed by atoms with Crippen molar-refractivity contribution in [3.8, 4) is 0 Å². The van der Waals surface area contributed by atoms with Gasteiger partial charge in [0, 0.05) is 13.0 Å². The van der Waals surface area contributed by atoms with Gasteiger partial charge in [-0.3, -0.25) is 10.2 Å². The Morgan fingerprint density at radius 3 is 2.71 bits per heavy atom. The molecule has 5 nitrogen and oxygen atoms in total. The van der Waals surface area contributed by atoms with E-state index in [2.05, 4.69) is 5.32 Å². The van der Waals surface area contributed by atoms with Crippen LogP contribution in [0.3, 0.4) is 0 Å². The molecule has 0 aromatic carbocycles. The predicted octanol–water partition coefficient (Wildman–Crippen LogP) is -0.0538. The maximum Gasteiger partial charge on any atom is 0.185 e. The summed E-state index contributed by atoms with van der Waals surface area (Å²) in [5, 5.41) is 9.57. The minimum Gasteiger partial charge on any atom is -0.370 e. The minimum atomic E-state index is -0.358. The summed E-state index contributed by atoms with van der Waals surface area (Å²) in [4.78, 5) is 11.3. The van der Waals surface area contributed by atoms with Crippen molar-refractivity contribution in [1.29, 1.82) is 5.41 Å². The molecule has 0 aromatic rings. The van der Waals surface area contributed by atoms with Crippen LogP contribution in [0.25, 0.3) is 0 Å².